The van der Waals surface area contributed by atoms with Crippen molar-refractivity contribution in [3.8, 4) is 0 Å². The van der Waals surface area contributed by atoms with Crippen LogP contribution >= 0.6 is 0 Å². The van der Waals surface area contributed by atoms with E-state index >= 15 is 0 Å². The van der Waals surface area contributed by atoms with Crippen molar-refractivity contribution in [2.75, 3.05) is 0 Å². The quantitative estimate of drug-likeness (QED) is 0.635. The molecule has 1 aromatic heterocycles. The summed E-state index contributed by atoms with van der Waals surface area (Å²) < 4.78 is 5.28. The Morgan fingerprint density at radius 1 is 1.70 bits per heavy atom. The maximum Gasteiger partial charge on any atom is 0.111 e. The van der Waals surface area contributed by atoms with Crippen LogP contribution in [0, 0.1) is 6.92 Å². The van der Waals surface area contributed by atoms with Crippen LogP contribution in [0.15, 0.2) is 16.7 Å². The van der Waals surface area contributed by atoms with Gasteiger partial charge in [-0.3, -0.25) is 0 Å². The first kappa shape index (κ1) is 5.98. The molecular formula is C8H11NO. The smallest absolute Gasteiger partial charge is 0.111 e. The summed E-state index contributed by atoms with van der Waals surface area (Å²) in [4.78, 5) is 0. The number of rotatable bonds is 1. The van der Waals surface area contributed by atoms with Gasteiger partial charge in [-0.2, -0.15) is 0 Å². The second-order valence-corrected chi connectivity index (χ2v) is 2.97. The minimum atomic E-state index is 0.352. The molecule has 2 rings (SSSR count). The molecular weight excluding hydrogens is 126 g/mol. The molecule has 1 aliphatic carbocycles. The Labute approximate surface area is 60.0 Å². The van der Waals surface area contributed by atoms with E-state index in [1.165, 1.54) is 5.56 Å². The van der Waals surface area contributed by atoms with Crippen LogP contribution in [0.1, 0.15) is 23.7 Å². The van der Waals surface area contributed by atoms with Gasteiger partial charge in [0.05, 0.1) is 6.26 Å². The van der Waals surface area contributed by atoms with Gasteiger partial charge in [0.2, 0.25) is 0 Å². The summed E-state index contributed by atoms with van der Waals surface area (Å²) in [6, 6.07) is 2.34. The molecule has 1 heterocycles. The second kappa shape index (κ2) is 1.86. The van der Waals surface area contributed by atoms with Crippen molar-refractivity contribution in [3.63, 3.8) is 0 Å². The third kappa shape index (κ3) is 0.762. The summed E-state index contributed by atoms with van der Waals surface area (Å²) in [5.74, 6) is 1.60. The molecule has 0 bridgehead atoms. The summed E-state index contributed by atoms with van der Waals surface area (Å²) in [5, 5.41) is 0. The Morgan fingerprint density at radius 3 is 2.80 bits per heavy atom. The SMILES string of the molecule is Cc1ccoc1[C@@H]1C[C@H]1N. The van der Waals surface area contributed by atoms with Crippen molar-refractivity contribution in [2.45, 2.75) is 25.3 Å². The molecule has 1 fully saturated rings. The first-order chi connectivity index (χ1) is 4.79. The number of nitrogens with two attached hydrogens (primary N) is 1. The van der Waals surface area contributed by atoms with Gasteiger partial charge < -0.3 is 10.2 Å². The fourth-order valence-electron chi connectivity index (χ4n) is 1.28. The van der Waals surface area contributed by atoms with Crippen LogP contribution in [0.25, 0.3) is 0 Å². The molecule has 1 aliphatic rings. The average molecular weight is 137 g/mol. The lowest BCUT2D eigenvalue weighted by Crippen LogP contribution is -2.00. The molecule has 0 spiro atoms. The monoisotopic (exact) mass is 137 g/mol. The molecule has 0 radical (unpaired) electrons. The van der Waals surface area contributed by atoms with Gasteiger partial charge in [0.25, 0.3) is 0 Å². The van der Waals surface area contributed by atoms with E-state index in [2.05, 4.69) is 6.92 Å². The second-order valence-electron chi connectivity index (χ2n) is 2.97. The van der Waals surface area contributed by atoms with E-state index in [4.69, 9.17) is 10.2 Å². The summed E-state index contributed by atoms with van der Waals surface area (Å²) in [7, 11) is 0. The van der Waals surface area contributed by atoms with Crippen molar-refractivity contribution in [2.24, 2.45) is 5.73 Å². The predicted octanol–water partition coefficient (Wildman–Crippen LogP) is 1.40. The van der Waals surface area contributed by atoms with E-state index in [0.29, 0.717) is 12.0 Å². The topological polar surface area (TPSA) is 39.2 Å². The standard InChI is InChI=1S/C8H11NO/c1-5-2-3-10-8(5)6-4-7(6)9/h2-3,6-7H,4,9H2,1H3/t6-,7-/m1/s1. The number of furan rings is 1. The van der Waals surface area contributed by atoms with Crippen molar-refractivity contribution in [1.29, 1.82) is 0 Å². The molecule has 1 saturated carbocycles. The highest BCUT2D eigenvalue weighted by Gasteiger charge is 2.38. The van der Waals surface area contributed by atoms with Gasteiger partial charge in [-0.15, -0.1) is 0 Å². The van der Waals surface area contributed by atoms with Crippen LogP contribution in [-0.4, -0.2) is 6.04 Å². The Bertz CT molecular complexity index is 241. The Morgan fingerprint density at radius 2 is 2.40 bits per heavy atom. The molecule has 2 atom stereocenters. The molecule has 2 nitrogen and oxygen atoms in total. The molecule has 0 aliphatic heterocycles. The normalized spacial score (nSPS) is 30.6. The van der Waals surface area contributed by atoms with Crippen LogP contribution in [-0.2, 0) is 0 Å². The Hall–Kier alpha value is -0.760. The minimum Gasteiger partial charge on any atom is -0.469 e. The zero-order valence-electron chi connectivity index (χ0n) is 6.00. The van der Waals surface area contributed by atoms with E-state index in [0.717, 1.165) is 12.2 Å². The van der Waals surface area contributed by atoms with Crippen molar-refractivity contribution in [3.05, 3.63) is 23.7 Å². The lowest BCUT2D eigenvalue weighted by molar-refractivity contribution is 0.506. The third-order valence-electron chi connectivity index (χ3n) is 2.08. The summed E-state index contributed by atoms with van der Waals surface area (Å²) in [6.45, 7) is 2.06. The van der Waals surface area contributed by atoms with Crippen LogP contribution in [0.2, 0.25) is 0 Å². The van der Waals surface area contributed by atoms with E-state index in [1.54, 1.807) is 6.26 Å². The third-order valence-corrected chi connectivity index (χ3v) is 2.08. The lowest BCUT2D eigenvalue weighted by Gasteiger charge is -1.91. The summed E-state index contributed by atoms with van der Waals surface area (Å²) in [5.41, 5.74) is 6.90. The van der Waals surface area contributed by atoms with E-state index in [1.807, 2.05) is 6.07 Å². The average Bonchev–Trinajstić information content (AvgIpc) is 2.42. The molecule has 0 saturated heterocycles. The molecule has 2 heteroatoms. The van der Waals surface area contributed by atoms with Gasteiger partial charge in [0, 0.05) is 12.0 Å². The first-order valence-electron chi connectivity index (χ1n) is 3.58. The van der Waals surface area contributed by atoms with Gasteiger partial charge in [0.15, 0.2) is 0 Å². The van der Waals surface area contributed by atoms with Gasteiger partial charge in [-0.25, -0.2) is 0 Å². The number of aryl methyl sites for hydroxylation is 1. The van der Waals surface area contributed by atoms with E-state index in [-0.39, 0.29) is 0 Å². The molecule has 0 unspecified atom stereocenters. The Kier molecular flexibility index (Phi) is 1.11. The minimum absolute atomic E-state index is 0.352. The van der Waals surface area contributed by atoms with Gasteiger partial charge >= 0.3 is 0 Å². The molecule has 2 N–H and O–H groups in total. The summed E-state index contributed by atoms with van der Waals surface area (Å²) in [6.07, 6.45) is 2.82. The highest BCUT2D eigenvalue weighted by molar-refractivity contribution is 5.25. The summed E-state index contributed by atoms with van der Waals surface area (Å²) >= 11 is 0. The van der Waals surface area contributed by atoms with Crippen LogP contribution in [0.3, 0.4) is 0 Å². The fourth-order valence-corrected chi connectivity index (χ4v) is 1.28. The highest BCUT2D eigenvalue weighted by Crippen LogP contribution is 2.40. The maximum absolute atomic E-state index is 5.67. The largest absolute Gasteiger partial charge is 0.469 e. The zero-order chi connectivity index (χ0) is 7.14. The zero-order valence-corrected chi connectivity index (χ0v) is 6.00. The van der Waals surface area contributed by atoms with Gasteiger partial charge in [0.1, 0.15) is 5.76 Å². The maximum atomic E-state index is 5.67. The highest BCUT2D eigenvalue weighted by atomic mass is 16.3. The van der Waals surface area contributed by atoms with Crippen molar-refractivity contribution >= 4 is 0 Å². The number of hydrogen-bond acceptors (Lipinski definition) is 2. The molecule has 10 heavy (non-hydrogen) atoms. The fraction of sp³-hybridized carbons (Fsp3) is 0.500. The predicted molar refractivity (Wildman–Crippen MR) is 38.8 cm³/mol. The van der Waals surface area contributed by atoms with Crippen molar-refractivity contribution < 1.29 is 4.42 Å². The van der Waals surface area contributed by atoms with Crippen LogP contribution < -0.4 is 5.73 Å². The Balaban J connectivity index is 2.26. The van der Waals surface area contributed by atoms with Gasteiger partial charge in [-0.1, -0.05) is 0 Å². The van der Waals surface area contributed by atoms with Crippen LogP contribution in [0.5, 0.6) is 0 Å². The van der Waals surface area contributed by atoms with Gasteiger partial charge in [-0.05, 0) is 25.0 Å². The number of hydrogen-bond donors (Lipinski definition) is 1. The molecule has 0 amide bonds. The lowest BCUT2D eigenvalue weighted by atomic mass is 10.2. The molecule has 0 aromatic carbocycles. The molecule has 54 valence electrons. The first-order valence-corrected chi connectivity index (χ1v) is 3.58. The van der Waals surface area contributed by atoms with Crippen LogP contribution in [0.4, 0.5) is 0 Å². The molecule has 1 aromatic rings. The van der Waals surface area contributed by atoms with E-state index in [9.17, 15) is 0 Å². The van der Waals surface area contributed by atoms with E-state index < -0.39 is 0 Å². The van der Waals surface area contributed by atoms with Crippen molar-refractivity contribution in [1.82, 2.24) is 0 Å².